The number of nitrogens with zero attached hydrogens (tertiary/aromatic N) is 2. The summed E-state index contributed by atoms with van der Waals surface area (Å²) in [6.07, 6.45) is 1.59. The Morgan fingerprint density at radius 1 is 1.47 bits per heavy atom. The van der Waals surface area contributed by atoms with Crippen molar-refractivity contribution in [2.24, 2.45) is 11.7 Å². The van der Waals surface area contributed by atoms with Gasteiger partial charge in [-0.2, -0.15) is 5.10 Å². The molecule has 1 rings (SSSR count). The summed E-state index contributed by atoms with van der Waals surface area (Å²) in [5.74, 6) is 0.803. The minimum atomic E-state index is 0.0507. The van der Waals surface area contributed by atoms with Crippen molar-refractivity contribution in [3.63, 3.8) is 0 Å². The molecule has 0 spiro atoms. The monoisotopic (exact) mass is 225 g/mol. The van der Waals surface area contributed by atoms with Crippen molar-refractivity contribution in [1.82, 2.24) is 10.2 Å². The van der Waals surface area contributed by atoms with Gasteiger partial charge >= 0.3 is 0 Å². The summed E-state index contributed by atoms with van der Waals surface area (Å²) < 4.78 is 5.63. The third-order valence-electron chi connectivity index (χ3n) is 2.19. The molecule has 4 nitrogen and oxygen atoms in total. The number of hydrogen-bond acceptors (Lipinski definition) is 4. The van der Waals surface area contributed by atoms with Gasteiger partial charge in [0.1, 0.15) is 4.99 Å². The Hall–Kier alpha value is -1.23. The highest BCUT2D eigenvalue weighted by atomic mass is 32.1. The molecule has 1 atom stereocenters. The molecule has 0 radical (unpaired) electrons. The molecule has 0 bridgehead atoms. The lowest BCUT2D eigenvalue weighted by Crippen LogP contribution is -2.22. The number of aromatic nitrogens is 2. The first-order valence-electron chi connectivity index (χ1n) is 4.80. The number of rotatable bonds is 4. The number of nitrogens with two attached hydrogens (primary N) is 1. The van der Waals surface area contributed by atoms with E-state index in [9.17, 15) is 0 Å². The van der Waals surface area contributed by atoms with Crippen molar-refractivity contribution in [2.45, 2.75) is 26.9 Å². The average Bonchev–Trinajstić information content (AvgIpc) is 2.18. The van der Waals surface area contributed by atoms with E-state index in [4.69, 9.17) is 22.7 Å². The highest BCUT2D eigenvalue weighted by Crippen LogP contribution is 2.17. The third-order valence-corrected chi connectivity index (χ3v) is 2.41. The van der Waals surface area contributed by atoms with Crippen molar-refractivity contribution < 1.29 is 4.74 Å². The van der Waals surface area contributed by atoms with Crippen LogP contribution in [0.5, 0.6) is 5.88 Å². The molecule has 2 N–H and O–H groups in total. The van der Waals surface area contributed by atoms with E-state index in [2.05, 4.69) is 24.0 Å². The third kappa shape index (κ3) is 3.13. The molecule has 1 aromatic heterocycles. The molecule has 15 heavy (non-hydrogen) atoms. The smallest absolute Gasteiger partial charge is 0.244 e. The number of hydrogen-bond donors (Lipinski definition) is 1. The Bertz CT molecular complexity index is 354. The molecule has 1 unspecified atom stereocenters. The fourth-order valence-corrected chi connectivity index (χ4v) is 1.06. The molecule has 0 aliphatic rings. The van der Waals surface area contributed by atoms with Crippen LogP contribution in [0.4, 0.5) is 0 Å². The molecule has 0 saturated carbocycles. The van der Waals surface area contributed by atoms with Crippen LogP contribution in [0.15, 0.2) is 12.3 Å². The van der Waals surface area contributed by atoms with Gasteiger partial charge in [-0.15, -0.1) is 5.10 Å². The van der Waals surface area contributed by atoms with Crippen LogP contribution in [0.25, 0.3) is 0 Å². The molecule has 1 heterocycles. The minimum absolute atomic E-state index is 0.0507. The zero-order chi connectivity index (χ0) is 11.4. The summed E-state index contributed by atoms with van der Waals surface area (Å²) in [7, 11) is 0. The van der Waals surface area contributed by atoms with E-state index in [1.807, 2.05) is 6.92 Å². The maximum absolute atomic E-state index is 5.63. The predicted molar refractivity (Wildman–Crippen MR) is 62.8 cm³/mol. The molecule has 5 heteroatoms. The van der Waals surface area contributed by atoms with Crippen molar-refractivity contribution >= 4 is 17.2 Å². The van der Waals surface area contributed by atoms with Crippen LogP contribution in [0, 0.1) is 5.92 Å². The summed E-state index contributed by atoms with van der Waals surface area (Å²) in [5.41, 5.74) is 6.18. The summed E-state index contributed by atoms with van der Waals surface area (Å²) >= 11 is 4.90. The molecular weight excluding hydrogens is 210 g/mol. The van der Waals surface area contributed by atoms with Gasteiger partial charge in [-0.1, -0.05) is 26.1 Å². The molecule has 82 valence electrons. The average molecular weight is 225 g/mol. The molecule has 1 aromatic rings. The normalized spacial score (nSPS) is 12.5. The SMILES string of the molecule is CC(C)C(C)Oc1nnccc1C(N)=S. The Morgan fingerprint density at radius 2 is 2.13 bits per heavy atom. The molecule has 0 saturated heterocycles. The molecule has 0 aromatic carbocycles. The van der Waals surface area contributed by atoms with Crippen LogP contribution in [-0.4, -0.2) is 21.3 Å². The Balaban J connectivity index is 2.89. The van der Waals surface area contributed by atoms with Crippen molar-refractivity contribution in [3.8, 4) is 5.88 Å². The van der Waals surface area contributed by atoms with E-state index in [0.717, 1.165) is 0 Å². The zero-order valence-corrected chi connectivity index (χ0v) is 9.91. The van der Waals surface area contributed by atoms with Crippen molar-refractivity contribution in [3.05, 3.63) is 17.8 Å². The second kappa shape index (κ2) is 5.02. The number of ether oxygens (including phenoxy) is 1. The number of thiocarbonyl (C=S) groups is 1. The molecular formula is C10H15N3OS. The summed E-state index contributed by atoms with van der Waals surface area (Å²) in [6.45, 7) is 6.12. The van der Waals surface area contributed by atoms with E-state index >= 15 is 0 Å². The Kier molecular flexibility index (Phi) is 3.96. The van der Waals surface area contributed by atoms with Crippen LogP contribution in [0.2, 0.25) is 0 Å². The van der Waals surface area contributed by atoms with Gasteiger partial charge in [-0.05, 0) is 18.9 Å². The summed E-state index contributed by atoms with van der Waals surface area (Å²) in [4.78, 5) is 0.274. The topological polar surface area (TPSA) is 61.0 Å². The van der Waals surface area contributed by atoms with Gasteiger partial charge in [0.15, 0.2) is 0 Å². The summed E-state index contributed by atoms with van der Waals surface area (Å²) in [5, 5.41) is 7.63. The second-order valence-corrected chi connectivity index (χ2v) is 4.12. The maximum Gasteiger partial charge on any atom is 0.244 e. The molecule has 0 amide bonds. The van der Waals surface area contributed by atoms with Crippen molar-refractivity contribution in [1.29, 1.82) is 0 Å². The Morgan fingerprint density at radius 3 is 2.67 bits per heavy atom. The van der Waals surface area contributed by atoms with E-state index in [1.54, 1.807) is 12.3 Å². The second-order valence-electron chi connectivity index (χ2n) is 3.68. The predicted octanol–water partition coefficient (Wildman–Crippen LogP) is 1.53. The van der Waals surface area contributed by atoms with Crippen LogP contribution >= 0.6 is 12.2 Å². The van der Waals surface area contributed by atoms with Gasteiger partial charge in [-0.3, -0.25) is 0 Å². The zero-order valence-electron chi connectivity index (χ0n) is 9.10. The van der Waals surface area contributed by atoms with Gasteiger partial charge in [0.25, 0.3) is 0 Å². The van der Waals surface area contributed by atoms with E-state index < -0.39 is 0 Å². The standard InChI is InChI=1S/C10H15N3OS/c1-6(2)7(3)14-10-8(9(11)15)4-5-12-13-10/h4-7H,1-3H3,(H2,11,15). The molecule has 0 aliphatic heterocycles. The lowest BCUT2D eigenvalue weighted by Gasteiger charge is -2.18. The summed E-state index contributed by atoms with van der Waals surface area (Å²) in [6, 6.07) is 1.71. The Labute approximate surface area is 94.8 Å². The molecule has 0 aliphatic carbocycles. The lowest BCUT2D eigenvalue weighted by molar-refractivity contribution is 0.161. The molecule has 0 fully saturated rings. The first-order chi connectivity index (χ1) is 7.02. The highest BCUT2D eigenvalue weighted by Gasteiger charge is 2.14. The van der Waals surface area contributed by atoms with Gasteiger partial charge in [0.05, 0.1) is 17.9 Å². The van der Waals surface area contributed by atoms with Crippen LogP contribution < -0.4 is 10.5 Å². The van der Waals surface area contributed by atoms with Gasteiger partial charge in [0, 0.05) is 0 Å². The first kappa shape index (κ1) is 11.8. The van der Waals surface area contributed by atoms with Crippen LogP contribution in [-0.2, 0) is 0 Å². The van der Waals surface area contributed by atoms with E-state index in [-0.39, 0.29) is 11.1 Å². The lowest BCUT2D eigenvalue weighted by atomic mass is 10.1. The van der Waals surface area contributed by atoms with Crippen molar-refractivity contribution in [2.75, 3.05) is 0 Å². The van der Waals surface area contributed by atoms with E-state index in [0.29, 0.717) is 17.4 Å². The van der Waals surface area contributed by atoms with Crippen LogP contribution in [0.3, 0.4) is 0 Å². The van der Waals surface area contributed by atoms with Gasteiger partial charge < -0.3 is 10.5 Å². The fraction of sp³-hybridized carbons (Fsp3) is 0.500. The van der Waals surface area contributed by atoms with Gasteiger partial charge in [-0.25, -0.2) is 0 Å². The fourth-order valence-electron chi connectivity index (χ4n) is 0.906. The quantitative estimate of drug-likeness (QED) is 0.787. The first-order valence-corrected chi connectivity index (χ1v) is 5.21. The highest BCUT2D eigenvalue weighted by molar-refractivity contribution is 7.80. The van der Waals surface area contributed by atoms with Gasteiger partial charge in [0.2, 0.25) is 5.88 Å². The van der Waals surface area contributed by atoms with Crippen LogP contribution in [0.1, 0.15) is 26.3 Å². The van der Waals surface area contributed by atoms with E-state index in [1.165, 1.54) is 0 Å². The largest absolute Gasteiger partial charge is 0.473 e. The maximum atomic E-state index is 5.63. The minimum Gasteiger partial charge on any atom is -0.473 e.